The van der Waals surface area contributed by atoms with Gasteiger partial charge in [0.15, 0.2) is 0 Å². The van der Waals surface area contributed by atoms with E-state index in [0.29, 0.717) is 28.1 Å². The number of carbonyl (C=O) groups excluding carboxylic acids is 3. The Labute approximate surface area is 189 Å². The van der Waals surface area contributed by atoms with Crippen LogP contribution < -0.4 is 5.32 Å². The van der Waals surface area contributed by atoms with Crippen molar-refractivity contribution < 1.29 is 23.9 Å². The first-order valence-corrected chi connectivity index (χ1v) is 11.3. The first-order chi connectivity index (χ1) is 15.5. The SMILES string of the molecule is COC(=O)c1c(NC(=O)c2ccc3c(c2)C[C@@H](c2ccccc2)OC3=O)sc2c1CCC2. The summed E-state index contributed by atoms with van der Waals surface area (Å²) in [6.45, 7) is 0. The van der Waals surface area contributed by atoms with Crippen LogP contribution in [0.25, 0.3) is 0 Å². The van der Waals surface area contributed by atoms with Crippen molar-refractivity contribution in [2.24, 2.45) is 0 Å². The highest BCUT2D eigenvalue weighted by Crippen LogP contribution is 2.40. The zero-order valence-corrected chi connectivity index (χ0v) is 18.3. The highest BCUT2D eigenvalue weighted by atomic mass is 32.1. The van der Waals surface area contributed by atoms with Gasteiger partial charge in [0, 0.05) is 16.9 Å². The van der Waals surface area contributed by atoms with Crippen LogP contribution in [0.1, 0.15) is 65.2 Å². The Bertz CT molecular complexity index is 1230. The summed E-state index contributed by atoms with van der Waals surface area (Å²) in [6.07, 6.45) is 2.83. The molecule has 3 aromatic rings. The molecule has 0 spiro atoms. The molecule has 1 N–H and O–H groups in total. The molecule has 0 unspecified atom stereocenters. The third-order valence-corrected chi connectivity index (χ3v) is 7.16. The minimum atomic E-state index is -0.432. The molecular formula is C25H21NO5S. The van der Waals surface area contributed by atoms with Crippen molar-refractivity contribution in [2.45, 2.75) is 31.8 Å². The van der Waals surface area contributed by atoms with Crippen LogP contribution in [0.5, 0.6) is 0 Å². The number of thiophene rings is 1. The number of anilines is 1. The van der Waals surface area contributed by atoms with Crippen LogP contribution in [0.2, 0.25) is 0 Å². The molecule has 2 heterocycles. The molecule has 0 saturated carbocycles. The molecule has 0 fully saturated rings. The fourth-order valence-electron chi connectivity index (χ4n) is 4.38. The molecular weight excluding hydrogens is 426 g/mol. The molecule has 162 valence electrons. The van der Waals surface area contributed by atoms with Crippen molar-refractivity contribution in [3.63, 3.8) is 0 Å². The normalized spacial score (nSPS) is 16.7. The molecule has 0 saturated heterocycles. The van der Waals surface area contributed by atoms with Crippen molar-refractivity contribution in [3.8, 4) is 0 Å². The average molecular weight is 448 g/mol. The fourth-order valence-corrected chi connectivity index (χ4v) is 5.65. The Hall–Kier alpha value is -3.45. The number of rotatable bonds is 4. The van der Waals surface area contributed by atoms with Gasteiger partial charge >= 0.3 is 11.9 Å². The number of carbonyl (C=O) groups is 3. The maximum atomic E-state index is 13.1. The van der Waals surface area contributed by atoms with Crippen LogP contribution >= 0.6 is 11.3 Å². The second-order valence-corrected chi connectivity index (χ2v) is 8.99. The van der Waals surface area contributed by atoms with Gasteiger partial charge in [0.1, 0.15) is 11.1 Å². The van der Waals surface area contributed by atoms with E-state index >= 15 is 0 Å². The lowest BCUT2D eigenvalue weighted by Crippen LogP contribution is -2.23. The molecule has 2 aliphatic rings. The molecule has 0 radical (unpaired) electrons. The number of methoxy groups -OCH3 is 1. The highest BCUT2D eigenvalue weighted by molar-refractivity contribution is 7.17. The molecule has 32 heavy (non-hydrogen) atoms. The quantitative estimate of drug-likeness (QED) is 0.585. The number of hydrogen-bond acceptors (Lipinski definition) is 6. The molecule has 1 amide bonds. The van der Waals surface area contributed by atoms with Crippen LogP contribution in [0.4, 0.5) is 5.00 Å². The molecule has 1 aliphatic heterocycles. The minimum Gasteiger partial charge on any atom is -0.465 e. The van der Waals surface area contributed by atoms with Gasteiger partial charge < -0.3 is 14.8 Å². The number of hydrogen-bond donors (Lipinski definition) is 1. The van der Waals surface area contributed by atoms with E-state index < -0.39 is 11.9 Å². The van der Waals surface area contributed by atoms with Gasteiger partial charge in [-0.1, -0.05) is 30.3 Å². The molecule has 1 aromatic heterocycles. The Kier molecular flexibility index (Phi) is 5.27. The third kappa shape index (κ3) is 3.58. The summed E-state index contributed by atoms with van der Waals surface area (Å²) >= 11 is 1.44. The van der Waals surface area contributed by atoms with Gasteiger partial charge in [-0.05, 0) is 54.2 Å². The Morgan fingerprint density at radius 3 is 2.72 bits per heavy atom. The van der Waals surface area contributed by atoms with Crippen LogP contribution in [-0.4, -0.2) is 25.0 Å². The Morgan fingerprint density at radius 2 is 1.94 bits per heavy atom. The topological polar surface area (TPSA) is 81.7 Å². The summed E-state index contributed by atoms with van der Waals surface area (Å²) in [4.78, 5) is 39.0. The van der Waals surface area contributed by atoms with Gasteiger partial charge in [0.05, 0.1) is 18.2 Å². The number of aryl methyl sites for hydroxylation is 1. The van der Waals surface area contributed by atoms with E-state index in [-0.39, 0.29) is 12.0 Å². The monoisotopic (exact) mass is 447 g/mol. The lowest BCUT2D eigenvalue weighted by atomic mass is 9.93. The zero-order chi connectivity index (χ0) is 22.2. The Morgan fingerprint density at radius 1 is 1.12 bits per heavy atom. The summed E-state index contributed by atoms with van der Waals surface area (Å²) in [5, 5.41) is 3.41. The number of nitrogens with one attached hydrogen (secondary N) is 1. The van der Waals surface area contributed by atoms with E-state index in [4.69, 9.17) is 9.47 Å². The number of amides is 1. The highest BCUT2D eigenvalue weighted by Gasteiger charge is 2.30. The van der Waals surface area contributed by atoms with Gasteiger partial charge in [-0.2, -0.15) is 0 Å². The van der Waals surface area contributed by atoms with E-state index in [1.807, 2.05) is 30.3 Å². The van der Waals surface area contributed by atoms with E-state index in [1.54, 1.807) is 18.2 Å². The lowest BCUT2D eigenvalue weighted by molar-refractivity contribution is 0.0252. The van der Waals surface area contributed by atoms with Crippen LogP contribution in [0.3, 0.4) is 0 Å². The first kappa shape index (κ1) is 20.5. The number of fused-ring (bicyclic) bond motifs is 2. The molecule has 0 bridgehead atoms. The van der Waals surface area contributed by atoms with Gasteiger partial charge in [-0.25, -0.2) is 9.59 Å². The van der Waals surface area contributed by atoms with E-state index in [0.717, 1.165) is 40.8 Å². The molecule has 1 atom stereocenters. The summed E-state index contributed by atoms with van der Waals surface area (Å²) in [5.41, 5.74) is 4.02. The fraction of sp³-hybridized carbons (Fsp3) is 0.240. The Balaban J connectivity index is 1.42. The van der Waals surface area contributed by atoms with Crippen molar-refractivity contribution in [1.29, 1.82) is 0 Å². The summed E-state index contributed by atoms with van der Waals surface area (Å²) < 4.78 is 10.5. The van der Waals surface area contributed by atoms with Crippen molar-refractivity contribution >= 4 is 34.2 Å². The predicted octanol–water partition coefficient (Wildman–Crippen LogP) is 4.73. The van der Waals surface area contributed by atoms with Crippen molar-refractivity contribution in [1.82, 2.24) is 0 Å². The molecule has 2 aromatic carbocycles. The van der Waals surface area contributed by atoms with Crippen molar-refractivity contribution in [3.05, 3.63) is 86.8 Å². The van der Waals surface area contributed by atoms with Crippen molar-refractivity contribution in [2.75, 3.05) is 12.4 Å². The average Bonchev–Trinajstić information content (AvgIpc) is 3.39. The number of ether oxygens (including phenoxy) is 2. The molecule has 7 heteroatoms. The zero-order valence-electron chi connectivity index (χ0n) is 17.5. The lowest BCUT2D eigenvalue weighted by Gasteiger charge is -2.25. The van der Waals surface area contributed by atoms with Crippen LogP contribution in [0.15, 0.2) is 48.5 Å². The van der Waals surface area contributed by atoms with E-state index in [1.165, 1.54) is 18.4 Å². The van der Waals surface area contributed by atoms with Gasteiger partial charge in [-0.15, -0.1) is 11.3 Å². The molecule has 5 rings (SSSR count). The third-order valence-electron chi connectivity index (χ3n) is 5.95. The number of cyclic esters (lactones) is 1. The van der Waals surface area contributed by atoms with Crippen LogP contribution in [0, 0.1) is 0 Å². The maximum Gasteiger partial charge on any atom is 0.341 e. The minimum absolute atomic E-state index is 0.326. The standard InChI is InChI=1S/C25H21NO5S/c1-30-25(29)21-18-8-5-9-20(18)32-23(21)26-22(27)15-10-11-17-16(12-15)13-19(31-24(17)28)14-6-3-2-4-7-14/h2-4,6-7,10-12,19H,5,8-9,13H2,1H3,(H,26,27)/t19-/m0/s1. The van der Waals surface area contributed by atoms with Gasteiger partial charge in [0.2, 0.25) is 0 Å². The van der Waals surface area contributed by atoms with Gasteiger partial charge in [-0.3, -0.25) is 4.79 Å². The van der Waals surface area contributed by atoms with Gasteiger partial charge in [0.25, 0.3) is 5.91 Å². The summed E-state index contributed by atoms with van der Waals surface area (Å²) in [7, 11) is 1.35. The van der Waals surface area contributed by atoms with E-state index in [2.05, 4.69) is 5.32 Å². The van der Waals surface area contributed by atoms with Crippen LogP contribution in [-0.2, 0) is 28.7 Å². The first-order valence-electron chi connectivity index (χ1n) is 10.5. The smallest absolute Gasteiger partial charge is 0.341 e. The molecule has 1 aliphatic carbocycles. The summed E-state index contributed by atoms with van der Waals surface area (Å²) in [6, 6.07) is 14.5. The molecule has 6 nitrogen and oxygen atoms in total. The second kappa shape index (κ2) is 8.24. The number of benzene rings is 2. The predicted molar refractivity (Wildman–Crippen MR) is 120 cm³/mol. The van der Waals surface area contributed by atoms with E-state index in [9.17, 15) is 14.4 Å². The largest absolute Gasteiger partial charge is 0.465 e. The number of esters is 2. The maximum absolute atomic E-state index is 13.1. The second-order valence-electron chi connectivity index (χ2n) is 7.89. The summed E-state index contributed by atoms with van der Waals surface area (Å²) in [5.74, 6) is -1.15.